The summed E-state index contributed by atoms with van der Waals surface area (Å²) in [4.78, 5) is 111. The molecule has 16 heterocycles. The van der Waals surface area contributed by atoms with Crippen LogP contribution in [0.4, 0.5) is 43.4 Å². The molecular weight excluding hydrogens is 1870 g/mol. The van der Waals surface area contributed by atoms with Gasteiger partial charge in [0.2, 0.25) is 0 Å². The van der Waals surface area contributed by atoms with Crippen molar-refractivity contribution in [3.05, 3.63) is 247 Å². The second kappa shape index (κ2) is 35.8. The summed E-state index contributed by atoms with van der Waals surface area (Å²) in [6, 6.07) is 35.9. The highest BCUT2D eigenvalue weighted by molar-refractivity contribution is 14.1. The van der Waals surface area contributed by atoms with Crippen LogP contribution in [0, 0.1) is 54.9 Å². The van der Waals surface area contributed by atoms with Gasteiger partial charge in [0.1, 0.15) is 160 Å². The van der Waals surface area contributed by atoms with Gasteiger partial charge < -0.3 is 38.3 Å². The second-order valence-corrected chi connectivity index (χ2v) is 33.1. The third-order valence-electron chi connectivity index (χ3n) is 23.4. The molecule has 4 atom stereocenters. The minimum Gasteiger partial charge on any atom is -0.508 e. The van der Waals surface area contributed by atoms with E-state index in [9.17, 15) is 38.2 Å². The first kappa shape index (κ1) is 88.6. The summed E-state index contributed by atoms with van der Waals surface area (Å²) in [5.41, 5.74) is 36.0. The van der Waals surface area contributed by atoms with Crippen molar-refractivity contribution < 1.29 is 33.7 Å². The van der Waals surface area contributed by atoms with Gasteiger partial charge in [0, 0.05) is 45.4 Å². The van der Waals surface area contributed by atoms with Crippen LogP contribution in [-0.2, 0) is 49.9 Å². The number of carbonyl (C=O) groups excluding carboxylic acids is 2. The number of aliphatic hydroxyl groups excluding tert-OH is 1. The fourth-order valence-electron chi connectivity index (χ4n) is 17.0. The Kier molecular flexibility index (Phi) is 23.2. The van der Waals surface area contributed by atoms with Crippen molar-refractivity contribution in [2.45, 2.75) is 78.0 Å². The highest BCUT2D eigenvalue weighted by Gasteiger charge is 2.46. The molecule has 0 spiro atoms. The predicted octanol–water partition coefficient (Wildman–Crippen LogP) is 7.03. The first-order chi connectivity index (χ1) is 66.1. The lowest BCUT2D eigenvalue weighted by molar-refractivity contribution is -0.123. The Labute approximate surface area is 786 Å². The molecule has 0 aliphatic carbocycles. The van der Waals surface area contributed by atoms with Crippen LogP contribution < -0.4 is 43.9 Å². The number of likely N-dealkylation sites (N-methyl/N-ethyl adjacent to an activating group) is 2. The van der Waals surface area contributed by atoms with Crippen LogP contribution in [0.2, 0.25) is 0 Å². The third kappa shape index (κ3) is 16.1. The molecule has 0 saturated carbocycles. The predicted molar refractivity (Wildman–Crippen MR) is 515 cm³/mol. The molecule has 12 aromatic heterocycles. The van der Waals surface area contributed by atoms with Crippen molar-refractivity contribution in [1.82, 2.24) is 128 Å². The van der Waals surface area contributed by atoms with E-state index in [0.29, 0.717) is 144 Å². The summed E-state index contributed by atoms with van der Waals surface area (Å²) in [7, 11) is 6.94. The number of aliphatic imine (C=N–C) groups is 2. The summed E-state index contributed by atoms with van der Waals surface area (Å²) < 4.78 is 41.2. The average Bonchev–Trinajstić information content (AvgIpc) is 1.62. The molecule has 11 N–H and O–H groups in total. The van der Waals surface area contributed by atoms with Crippen LogP contribution in [-0.4, -0.2) is 224 Å². The molecule has 6 aromatic carbocycles. The number of hydrazone groups is 2. The van der Waals surface area contributed by atoms with Crippen LogP contribution in [0.1, 0.15) is 39.6 Å². The second-order valence-electron chi connectivity index (χ2n) is 32.1. The number of phenols is 2. The standard InChI is InChI=1S/2C25H22FN9O2.C22H19N9O2.C19H16IN9O/c1-13-5-3-4-6-18(13)35-19(31-17-10-30-33(2)22(17)25(35)37)11-34-24-20(23(27)28-12-29-24)21(32-34)14-7-15(26)9-16(36)8-14;1-13-5-3-4-6-17(13)35-19(31-16-10-30-33(2)22(16)25(35)37)11-34-24-20(23(27)28-12-29-24)21(32-34)14-7-8-15(26)18(36)9-14;1-13-6-3-4-8-16(13)31-17(27-15-10-26-29(2)19(15)22(31)33)11-30-21-18(20(23)24-12-25-21)14(28-30)7-5-9-32;1-10-5-3-4-6-12(10)29-13(25-11-7-24-27(2)15(11)19(29)30)8-28-18-14(16(20)26-28)17(21)22-9-23-18/h3-10,12,17,22,36H,11H2,1-2H3,(H2,27,28,29);3-10,12,16,22,36H,11H2,1-2H3,(H2,27,28,29);3-4,6,8,10,12,32H,9,11H2,1-2H3,(H2,23,24,25);3-7,9H,8H2,1-2H3,(H2,21,22,23). The molecule has 0 radical (unpaired) electrons. The van der Waals surface area contributed by atoms with Crippen LogP contribution in [0.25, 0.3) is 100 Å². The van der Waals surface area contributed by atoms with E-state index in [0.717, 1.165) is 40.1 Å². The minimum atomic E-state index is -0.751. The Bertz CT molecular complexity index is 8310. The first-order valence-electron chi connectivity index (χ1n) is 42.2. The zero-order valence-electron chi connectivity index (χ0n) is 73.9. The minimum absolute atomic E-state index is 0.0646. The van der Waals surface area contributed by atoms with Crippen molar-refractivity contribution in [3.63, 3.8) is 0 Å². The zero-order valence-corrected chi connectivity index (χ0v) is 76.1. The number of nitrogens with zero attached hydrogens (tertiary/aromatic N) is 32. The number of halogens is 3. The highest BCUT2D eigenvalue weighted by Crippen LogP contribution is 2.39. The summed E-state index contributed by atoms with van der Waals surface area (Å²) in [6.07, 6.45) is 11.8. The number of nitrogens with two attached hydrogens (primary N) is 4. The molecule has 18 aromatic rings. The summed E-state index contributed by atoms with van der Waals surface area (Å²) >= 11 is 2.10. The molecule has 2 amide bonds. The summed E-state index contributed by atoms with van der Waals surface area (Å²) in [5, 5.41) is 69.7. The van der Waals surface area contributed by atoms with E-state index in [-0.39, 0.29) is 78.9 Å². The monoisotopic (exact) mass is 1950 g/mol. The SMILES string of the molecule is Cc1ccccc1-n1c(Cn2nc(C#CCO)c3c(N)ncnc32)nc2cnn(C)c2c1=O.Cc1ccccc1-n1c(Cn2nc(I)c3c(N)ncnc32)nc2cnn(C)c2c1=O.Cc1ccccc1N1C(=O)C2C(C=NN2C)N=C1Cn1nc(-c2cc(O)cc(F)c2)c2c(N)ncnc21.Cc1ccccc1N1C(=O)C2C(C=NN2C)N=C1Cn1nc(-c2ccc(F)c(O)c2)c2c(N)ncnc21. The fourth-order valence-corrected chi connectivity index (χ4v) is 17.8. The van der Waals surface area contributed by atoms with E-state index >= 15 is 0 Å². The Morgan fingerprint density at radius 3 is 1.31 bits per heavy atom. The van der Waals surface area contributed by atoms with Crippen LogP contribution >= 0.6 is 22.6 Å². The molecule has 0 saturated heterocycles. The summed E-state index contributed by atoms with van der Waals surface area (Å²) in [6.45, 7) is 7.90. The lowest BCUT2D eigenvalue weighted by atomic mass is 10.0. The molecule has 4 aliphatic rings. The number of nitrogen functional groups attached to an aromatic ring is 4. The molecule has 22 rings (SSSR count). The molecule has 4 aliphatic heterocycles. The van der Waals surface area contributed by atoms with Gasteiger partial charge in [-0.05, 0) is 133 Å². The van der Waals surface area contributed by atoms with Gasteiger partial charge in [-0.3, -0.25) is 67.5 Å². The number of carbonyl (C=O) groups is 2. The number of aromatic hydroxyl groups is 2. The lowest BCUT2D eigenvalue weighted by Crippen LogP contribution is -2.56. The number of phenolic OH excluding ortho intramolecular Hbond substituents is 2. The number of anilines is 6. The number of aliphatic hydroxyl groups is 1. The van der Waals surface area contributed by atoms with Crippen molar-refractivity contribution in [3.8, 4) is 57.2 Å². The number of amidine groups is 2. The number of fused-ring (bicyclic) bond motifs is 8. The first-order valence-corrected chi connectivity index (χ1v) is 43.3. The number of para-hydroxylation sites is 4. The molecule has 137 heavy (non-hydrogen) atoms. The number of hydrogen-bond donors (Lipinski definition) is 7. The number of amides is 2. The number of aryl methyl sites for hydroxylation is 6. The van der Waals surface area contributed by atoms with Crippen molar-refractivity contribution >= 4 is 159 Å². The van der Waals surface area contributed by atoms with Crippen LogP contribution in [0.5, 0.6) is 11.5 Å². The summed E-state index contributed by atoms with van der Waals surface area (Å²) in [5.74, 6) is 5.68. The number of rotatable bonds is 14. The molecule has 43 nitrogen and oxygen atoms in total. The number of aromatic nitrogens is 24. The molecule has 4 unspecified atom stereocenters. The number of benzene rings is 6. The quantitative estimate of drug-likeness (QED) is 0.0424. The van der Waals surface area contributed by atoms with Crippen molar-refractivity contribution in [2.24, 2.45) is 34.3 Å². The Balaban J connectivity index is 0.000000117. The maximum atomic E-state index is 14.1. The van der Waals surface area contributed by atoms with E-state index in [1.165, 1.54) is 54.3 Å². The Morgan fingerprint density at radius 1 is 0.460 bits per heavy atom. The van der Waals surface area contributed by atoms with Gasteiger partial charge in [-0.2, -0.15) is 40.8 Å². The molecule has 0 fully saturated rings. The number of hydrogen-bond acceptors (Lipinski definition) is 33. The Hall–Kier alpha value is -17.7. The maximum absolute atomic E-state index is 14.1. The fraction of sp³-hybridized carbons (Fsp3) is 0.187. The van der Waals surface area contributed by atoms with E-state index in [4.69, 9.17) is 53.1 Å². The van der Waals surface area contributed by atoms with Gasteiger partial charge in [0.05, 0.1) is 69.1 Å². The van der Waals surface area contributed by atoms with Crippen molar-refractivity contribution in [1.29, 1.82) is 0 Å². The van der Waals surface area contributed by atoms with Crippen LogP contribution in [0.3, 0.4) is 0 Å². The van der Waals surface area contributed by atoms with E-state index < -0.39 is 41.6 Å². The van der Waals surface area contributed by atoms with Crippen LogP contribution in [0.15, 0.2) is 201 Å². The lowest BCUT2D eigenvalue weighted by Gasteiger charge is -2.35. The molecule has 46 heteroatoms. The smallest absolute Gasteiger partial charge is 0.284 e. The van der Waals surface area contributed by atoms with Gasteiger partial charge in [-0.25, -0.2) is 77.3 Å². The average molecular weight is 1950 g/mol. The third-order valence-corrected chi connectivity index (χ3v) is 24.2. The van der Waals surface area contributed by atoms with Gasteiger partial charge in [0.15, 0.2) is 57.3 Å². The van der Waals surface area contributed by atoms with Crippen molar-refractivity contribution in [2.75, 3.05) is 53.4 Å². The highest BCUT2D eigenvalue weighted by atomic mass is 127. The maximum Gasteiger partial charge on any atom is 0.284 e. The van der Waals surface area contributed by atoms with Gasteiger partial charge in [0.25, 0.3) is 22.9 Å². The largest absolute Gasteiger partial charge is 0.508 e. The molecule has 686 valence electrons. The van der Waals surface area contributed by atoms with Gasteiger partial charge in [-0.1, -0.05) is 78.7 Å². The Morgan fingerprint density at radius 2 is 0.869 bits per heavy atom. The van der Waals surface area contributed by atoms with E-state index in [1.54, 1.807) is 105 Å². The van der Waals surface area contributed by atoms with E-state index in [2.05, 4.69) is 110 Å². The topological polar surface area (TPSA) is 541 Å². The molecule has 0 bridgehead atoms. The molecular formula is C91H79F2IN36O7. The van der Waals surface area contributed by atoms with Gasteiger partial charge in [-0.15, -0.1) is 0 Å². The zero-order chi connectivity index (χ0) is 95.8. The van der Waals surface area contributed by atoms with Gasteiger partial charge >= 0.3 is 0 Å². The normalized spacial score (nSPS) is 15.5. The van der Waals surface area contributed by atoms with E-state index in [1.807, 2.05) is 125 Å².